The van der Waals surface area contributed by atoms with Crippen LogP contribution in [0.3, 0.4) is 0 Å². The summed E-state index contributed by atoms with van der Waals surface area (Å²) < 4.78 is 0. The van der Waals surface area contributed by atoms with E-state index in [0.29, 0.717) is 89.4 Å². The van der Waals surface area contributed by atoms with Crippen molar-refractivity contribution >= 4 is 70.2 Å². The fraction of sp³-hybridized carbons (Fsp3) is 0. The molecule has 2 aliphatic rings. The molecule has 9 rings (SSSR count). The zero-order valence-corrected chi connectivity index (χ0v) is 32.7. The molecule has 61 heavy (non-hydrogen) atoms. The number of carboxylic acids is 4. The molecule has 0 atom stereocenters. The summed E-state index contributed by atoms with van der Waals surface area (Å²) in [6.07, 6.45) is 6.91. The fourth-order valence-electron chi connectivity index (χ4n) is 7.89. The number of hydrogen-bond acceptors (Lipinski definition) is 6. The van der Waals surface area contributed by atoms with Crippen LogP contribution in [0.25, 0.3) is 90.9 Å². The van der Waals surface area contributed by atoms with Crippen LogP contribution in [0.15, 0.2) is 121 Å². The number of aromatic carboxylic acids is 4. The molecule has 3 aromatic heterocycles. The van der Waals surface area contributed by atoms with Crippen molar-refractivity contribution in [3.63, 3.8) is 0 Å². The number of rotatable bonds is 8. The average molecular weight is 846 g/mol. The van der Waals surface area contributed by atoms with E-state index in [0.717, 1.165) is 0 Å². The summed E-state index contributed by atoms with van der Waals surface area (Å²) >= 11 is 0. The van der Waals surface area contributed by atoms with Crippen molar-refractivity contribution in [2.24, 2.45) is 0 Å². The Labute approximate surface area is 356 Å². The molecule has 1 radical (unpaired) electrons. The summed E-state index contributed by atoms with van der Waals surface area (Å²) in [5.41, 5.74) is 6.29. The number of nitrogens with one attached hydrogen (secondary N) is 2. The summed E-state index contributed by atoms with van der Waals surface area (Å²) in [4.78, 5) is 67.9. The molecule has 0 saturated carbocycles. The fourth-order valence-corrected chi connectivity index (χ4v) is 7.89. The molecule has 8 bridgehead atoms. The van der Waals surface area contributed by atoms with Crippen molar-refractivity contribution in [3.05, 3.63) is 166 Å². The van der Waals surface area contributed by atoms with Gasteiger partial charge >= 0.3 is 23.9 Å². The molecule has 6 N–H and O–H groups in total. The maximum atomic E-state index is 12.7. The molecule has 297 valence electrons. The van der Waals surface area contributed by atoms with E-state index in [9.17, 15) is 39.6 Å². The molecule has 13 heteroatoms. The molecule has 0 unspecified atom stereocenters. The number of fused-ring (bicyclic) bond motifs is 8. The van der Waals surface area contributed by atoms with Gasteiger partial charge in [0.25, 0.3) is 0 Å². The molecule has 4 aromatic carbocycles. The molecule has 12 nitrogen and oxygen atoms in total. The first kappa shape index (κ1) is 39.7. The third-order valence-corrected chi connectivity index (χ3v) is 10.5. The van der Waals surface area contributed by atoms with Gasteiger partial charge in [0.15, 0.2) is 0 Å². The minimum Gasteiger partial charge on any atom is -0.478 e. The van der Waals surface area contributed by atoms with Crippen molar-refractivity contribution in [2.45, 2.75) is 0 Å². The Morgan fingerprint density at radius 1 is 0.344 bits per heavy atom. The monoisotopic (exact) mass is 845 g/mol. The van der Waals surface area contributed by atoms with E-state index >= 15 is 0 Å². The third-order valence-electron chi connectivity index (χ3n) is 10.5. The number of carboxylic acid groups (broad SMARTS) is 4. The second-order valence-electron chi connectivity index (χ2n) is 13.9. The predicted molar refractivity (Wildman–Crippen MR) is 228 cm³/mol. The SMILES string of the molecule is O=C(O)c1ccccc1-c1c2nc(c(-c3ccccc3C(=O)O)c3ccc([nH]3)c(-c3ccccc3C(=O)O)c3nc(c(-c4ccccc4C(=O)O)c4ccc1[nH]4)C=C3)C=C2.[Mn]. The minimum absolute atomic E-state index is 0. The summed E-state index contributed by atoms with van der Waals surface area (Å²) in [5.74, 6) is -4.67. The summed E-state index contributed by atoms with van der Waals surface area (Å²) in [5, 5.41) is 41.5. The van der Waals surface area contributed by atoms with Gasteiger partial charge in [-0.3, -0.25) is 0 Å². The maximum Gasteiger partial charge on any atom is 0.336 e. The Morgan fingerprint density at radius 3 is 0.770 bits per heavy atom. The Hall–Kier alpha value is -8.12. The second-order valence-corrected chi connectivity index (χ2v) is 13.9. The first-order valence-electron chi connectivity index (χ1n) is 18.6. The van der Waals surface area contributed by atoms with E-state index in [2.05, 4.69) is 9.97 Å². The van der Waals surface area contributed by atoms with Gasteiger partial charge in [-0.1, -0.05) is 72.8 Å². The predicted octanol–water partition coefficient (Wildman–Crippen LogP) is 10.1. The Morgan fingerprint density at radius 2 is 0.557 bits per heavy atom. The normalized spacial score (nSPS) is 11.5. The molecule has 0 spiro atoms. The minimum atomic E-state index is -1.17. The first-order chi connectivity index (χ1) is 29.1. The number of aromatic amines is 2. The molecule has 0 amide bonds. The van der Waals surface area contributed by atoms with Crippen LogP contribution in [-0.2, 0) is 17.1 Å². The summed E-state index contributed by atoms with van der Waals surface area (Å²) in [6.45, 7) is 0. The number of hydrogen-bond donors (Lipinski definition) is 6. The standard InChI is InChI=1S/C48H30N4O8.Mn/c53-45(54)29-13-5-1-9-25(29)41-33-17-19-35(49-33)42(26-10-2-6-14-30(26)46(55)56)37-21-23-39(51-37)44(28-12-4-8-16-32(28)48(59)60)40-24-22-38(52-40)43(36-20-18-34(41)50-36)27-11-3-7-15-31(27)47(57)58;/h1-24,49,52H,(H,53,54)(H,55,56)(H,57,58)(H,59,60);. The molecule has 0 aliphatic carbocycles. The quantitative estimate of drug-likeness (QED) is 0.0798. The van der Waals surface area contributed by atoms with Gasteiger partial charge in [0.05, 0.1) is 45.0 Å². The molecule has 2 aliphatic heterocycles. The van der Waals surface area contributed by atoms with Crippen molar-refractivity contribution in [1.29, 1.82) is 0 Å². The Balaban J connectivity index is 0.00000514. The topological polar surface area (TPSA) is 207 Å². The average Bonchev–Trinajstić information content (AvgIpc) is 4.09. The van der Waals surface area contributed by atoms with Gasteiger partial charge in [-0.05, 0) is 72.8 Å². The van der Waals surface area contributed by atoms with Crippen LogP contribution in [0.5, 0.6) is 0 Å². The molecule has 5 heterocycles. The number of aromatic nitrogens is 4. The molecule has 0 fully saturated rings. The van der Waals surface area contributed by atoms with Crippen LogP contribution in [-0.4, -0.2) is 64.2 Å². The van der Waals surface area contributed by atoms with Crippen LogP contribution in [0.4, 0.5) is 0 Å². The van der Waals surface area contributed by atoms with E-state index in [4.69, 9.17) is 9.97 Å². The van der Waals surface area contributed by atoms with Gasteiger partial charge < -0.3 is 30.4 Å². The van der Waals surface area contributed by atoms with Gasteiger partial charge in [-0.15, -0.1) is 0 Å². The van der Waals surface area contributed by atoms with Crippen LogP contribution < -0.4 is 0 Å². The van der Waals surface area contributed by atoms with Crippen LogP contribution in [0.1, 0.15) is 64.2 Å². The van der Waals surface area contributed by atoms with Crippen LogP contribution in [0, 0.1) is 0 Å². The van der Waals surface area contributed by atoms with Gasteiger partial charge in [0, 0.05) is 83.6 Å². The Kier molecular flexibility index (Phi) is 10.4. The number of benzene rings is 4. The van der Waals surface area contributed by atoms with Crippen molar-refractivity contribution in [2.75, 3.05) is 0 Å². The zero-order chi connectivity index (χ0) is 41.7. The number of nitrogens with zero attached hydrogens (tertiary/aromatic N) is 2. The number of carbonyl (C=O) groups is 4. The third kappa shape index (κ3) is 6.99. The summed E-state index contributed by atoms with van der Waals surface area (Å²) in [7, 11) is 0. The number of H-pyrrole nitrogens is 2. The van der Waals surface area contributed by atoms with E-state index < -0.39 is 23.9 Å². The van der Waals surface area contributed by atoms with Crippen molar-refractivity contribution < 1.29 is 56.7 Å². The molecular weight excluding hydrogens is 815 g/mol. The maximum absolute atomic E-state index is 12.7. The molecule has 0 saturated heterocycles. The largest absolute Gasteiger partial charge is 0.478 e. The van der Waals surface area contributed by atoms with E-state index in [1.807, 2.05) is 0 Å². The van der Waals surface area contributed by atoms with E-state index in [1.165, 1.54) is 24.3 Å². The second kappa shape index (κ2) is 15.9. The van der Waals surface area contributed by atoms with Gasteiger partial charge in [-0.25, -0.2) is 29.1 Å². The van der Waals surface area contributed by atoms with Crippen molar-refractivity contribution in [3.8, 4) is 44.5 Å². The van der Waals surface area contributed by atoms with Gasteiger partial charge in [0.1, 0.15) is 0 Å². The molecular formula is C48H30MnN4O8. The zero-order valence-electron chi connectivity index (χ0n) is 31.6. The van der Waals surface area contributed by atoms with E-state index in [1.54, 1.807) is 121 Å². The van der Waals surface area contributed by atoms with E-state index in [-0.39, 0.29) is 39.3 Å². The first-order valence-corrected chi connectivity index (χ1v) is 18.6. The smallest absolute Gasteiger partial charge is 0.336 e. The van der Waals surface area contributed by atoms with Crippen molar-refractivity contribution in [1.82, 2.24) is 19.9 Å². The van der Waals surface area contributed by atoms with Gasteiger partial charge in [-0.2, -0.15) is 0 Å². The van der Waals surface area contributed by atoms with Crippen LogP contribution in [0.2, 0.25) is 0 Å². The molecule has 7 aromatic rings. The summed E-state index contributed by atoms with van der Waals surface area (Å²) in [6, 6.07) is 33.1. The van der Waals surface area contributed by atoms with Crippen LogP contribution >= 0.6 is 0 Å². The Bertz CT molecular complexity index is 2830. The van der Waals surface area contributed by atoms with Gasteiger partial charge in [0.2, 0.25) is 0 Å².